The Morgan fingerprint density at radius 3 is 2.32 bits per heavy atom. The molecule has 2 aromatic carbocycles. The van der Waals surface area contributed by atoms with E-state index in [0.717, 1.165) is 16.8 Å². The number of nitrogens with zero attached hydrogens (tertiary/aromatic N) is 2. The molecule has 2 rings (SSSR count). The van der Waals surface area contributed by atoms with Crippen molar-refractivity contribution in [2.24, 2.45) is 0 Å². The summed E-state index contributed by atoms with van der Waals surface area (Å²) in [4.78, 5) is 14.9. The van der Waals surface area contributed by atoms with Gasteiger partial charge in [-0.05, 0) is 42.3 Å². The van der Waals surface area contributed by atoms with Crippen LogP contribution in [0.2, 0.25) is 0 Å². The van der Waals surface area contributed by atoms with E-state index in [1.807, 2.05) is 43.3 Å². The van der Waals surface area contributed by atoms with Crippen molar-refractivity contribution in [2.45, 2.75) is 32.2 Å². The maximum absolute atomic E-state index is 12.8. The van der Waals surface area contributed by atoms with Crippen molar-refractivity contribution < 1.29 is 13.2 Å². The van der Waals surface area contributed by atoms with Gasteiger partial charge in [-0.15, -0.1) is 0 Å². The molecule has 0 heterocycles. The molecule has 0 saturated carbocycles. The van der Waals surface area contributed by atoms with Crippen molar-refractivity contribution in [3.63, 3.8) is 0 Å². The fraction of sp³-hybridized carbons (Fsp3) is 0.381. The number of amides is 1. The lowest BCUT2D eigenvalue weighted by molar-refractivity contribution is 0.0950. The van der Waals surface area contributed by atoms with Gasteiger partial charge in [0.05, 0.1) is 4.90 Å². The first kappa shape index (κ1) is 21.9. The third-order valence-corrected chi connectivity index (χ3v) is 6.72. The maximum Gasteiger partial charge on any atom is 0.251 e. The molecule has 1 amide bonds. The zero-order chi connectivity index (χ0) is 20.9. The molecular weight excluding hydrogens is 374 g/mol. The summed E-state index contributed by atoms with van der Waals surface area (Å²) in [5, 5.41) is 2.89. The summed E-state index contributed by atoms with van der Waals surface area (Å²) in [5.41, 5.74) is 3.13. The summed E-state index contributed by atoms with van der Waals surface area (Å²) in [6, 6.07) is 12.6. The van der Waals surface area contributed by atoms with Gasteiger partial charge in [-0.25, -0.2) is 8.42 Å². The van der Waals surface area contributed by atoms with Crippen LogP contribution in [-0.2, 0) is 16.6 Å². The minimum absolute atomic E-state index is 0.140. The van der Waals surface area contributed by atoms with Gasteiger partial charge in [0.1, 0.15) is 0 Å². The van der Waals surface area contributed by atoms with Crippen LogP contribution in [0.25, 0.3) is 0 Å². The van der Waals surface area contributed by atoms with E-state index in [-0.39, 0.29) is 10.8 Å². The van der Waals surface area contributed by atoms with E-state index < -0.39 is 10.0 Å². The molecule has 0 aliphatic carbocycles. The van der Waals surface area contributed by atoms with Crippen molar-refractivity contribution in [2.75, 3.05) is 32.1 Å². The van der Waals surface area contributed by atoms with E-state index >= 15 is 0 Å². The van der Waals surface area contributed by atoms with Gasteiger partial charge in [-0.3, -0.25) is 4.79 Å². The maximum atomic E-state index is 12.8. The molecule has 152 valence electrons. The molecule has 0 bridgehead atoms. The zero-order valence-corrected chi connectivity index (χ0v) is 18.0. The van der Waals surface area contributed by atoms with Gasteiger partial charge in [0.15, 0.2) is 0 Å². The molecule has 0 unspecified atom stereocenters. The van der Waals surface area contributed by atoms with E-state index in [4.69, 9.17) is 0 Å². The average Bonchev–Trinajstić information content (AvgIpc) is 2.67. The van der Waals surface area contributed by atoms with Gasteiger partial charge in [0.2, 0.25) is 10.0 Å². The van der Waals surface area contributed by atoms with E-state index in [1.165, 1.54) is 10.4 Å². The molecule has 7 heteroatoms. The molecular formula is C21H29N3O3S. The van der Waals surface area contributed by atoms with Gasteiger partial charge in [0.25, 0.3) is 5.91 Å². The molecule has 0 aromatic heterocycles. The summed E-state index contributed by atoms with van der Waals surface area (Å²) in [7, 11) is 0.314. The molecule has 6 nitrogen and oxygen atoms in total. The monoisotopic (exact) mass is 403 g/mol. The van der Waals surface area contributed by atoms with Crippen LogP contribution >= 0.6 is 0 Å². The minimum atomic E-state index is -3.61. The Hall–Kier alpha value is -2.38. The van der Waals surface area contributed by atoms with Gasteiger partial charge in [-0.1, -0.05) is 32.0 Å². The molecule has 0 fully saturated rings. The van der Waals surface area contributed by atoms with Crippen LogP contribution in [0.1, 0.15) is 35.3 Å². The summed E-state index contributed by atoms with van der Waals surface area (Å²) in [6.07, 6.45) is 0. The number of benzene rings is 2. The molecule has 1 N–H and O–H groups in total. The molecule has 2 aromatic rings. The zero-order valence-electron chi connectivity index (χ0n) is 17.2. The SMILES string of the molecule is CCN(CC)S(=O)(=O)c1ccc(C)c(C(=O)NCc2cccc(N(C)C)c2)c1. The number of rotatable bonds is 8. The lowest BCUT2D eigenvalue weighted by atomic mass is 10.1. The quantitative estimate of drug-likeness (QED) is 0.736. The van der Waals surface area contributed by atoms with Crippen LogP contribution in [0.5, 0.6) is 0 Å². The first-order chi connectivity index (χ1) is 13.2. The molecule has 0 radical (unpaired) electrons. The molecule has 28 heavy (non-hydrogen) atoms. The number of nitrogens with one attached hydrogen (secondary N) is 1. The Bertz CT molecular complexity index is 936. The van der Waals surface area contributed by atoms with E-state index in [1.54, 1.807) is 32.9 Å². The van der Waals surface area contributed by atoms with Crippen LogP contribution in [0.4, 0.5) is 5.69 Å². The number of sulfonamides is 1. The fourth-order valence-electron chi connectivity index (χ4n) is 2.94. The normalized spacial score (nSPS) is 11.5. The van der Waals surface area contributed by atoms with Crippen molar-refractivity contribution >= 4 is 21.6 Å². The smallest absolute Gasteiger partial charge is 0.251 e. The summed E-state index contributed by atoms with van der Waals surface area (Å²) in [6.45, 7) is 6.53. The summed E-state index contributed by atoms with van der Waals surface area (Å²) < 4.78 is 26.9. The summed E-state index contributed by atoms with van der Waals surface area (Å²) in [5.74, 6) is -0.288. The molecule has 0 atom stereocenters. The van der Waals surface area contributed by atoms with E-state index in [0.29, 0.717) is 25.2 Å². The largest absolute Gasteiger partial charge is 0.378 e. The second-order valence-corrected chi connectivity index (χ2v) is 8.75. The Morgan fingerprint density at radius 1 is 1.04 bits per heavy atom. The minimum Gasteiger partial charge on any atom is -0.378 e. The highest BCUT2D eigenvalue weighted by Gasteiger charge is 2.23. The topological polar surface area (TPSA) is 69.7 Å². The van der Waals surface area contributed by atoms with Crippen LogP contribution < -0.4 is 10.2 Å². The average molecular weight is 404 g/mol. The van der Waals surface area contributed by atoms with Crippen LogP contribution in [0, 0.1) is 6.92 Å². The Morgan fingerprint density at radius 2 is 1.71 bits per heavy atom. The van der Waals surface area contributed by atoms with E-state index in [2.05, 4.69) is 5.32 Å². The number of carbonyl (C=O) groups excluding carboxylic acids is 1. The van der Waals surface area contributed by atoms with Gasteiger partial charge in [-0.2, -0.15) is 4.31 Å². The van der Waals surface area contributed by atoms with Crippen LogP contribution in [0.3, 0.4) is 0 Å². The Labute approximate surface area is 168 Å². The predicted octanol–water partition coefficient (Wildman–Crippen LogP) is 3.02. The first-order valence-electron chi connectivity index (χ1n) is 9.36. The third kappa shape index (κ3) is 4.91. The first-order valence-corrected chi connectivity index (χ1v) is 10.8. The molecule has 0 spiro atoms. The third-order valence-electron chi connectivity index (χ3n) is 4.68. The number of hydrogen-bond acceptors (Lipinski definition) is 4. The van der Waals surface area contributed by atoms with E-state index in [9.17, 15) is 13.2 Å². The second kappa shape index (κ2) is 9.21. The standard InChI is InChI=1S/C21H29N3O3S/c1-6-24(7-2)28(26,27)19-12-11-16(3)20(14-19)21(25)22-15-17-9-8-10-18(13-17)23(4)5/h8-14H,6-7,15H2,1-5H3,(H,22,25). The predicted molar refractivity (Wildman–Crippen MR) is 113 cm³/mol. The van der Waals surface area contributed by atoms with Crippen molar-refractivity contribution in [1.29, 1.82) is 0 Å². The Kier molecular flexibility index (Phi) is 7.21. The highest BCUT2D eigenvalue weighted by atomic mass is 32.2. The van der Waals surface area contributed by atoms with Crippen molar-refractivity contribution in [3.8, 4) is 0 Å². The van der Waals surface area contributed by atoms with Crippen molar-refractivity contribution in [1.82, 2.24) is 9.62 Å². The number of hydrogen-bond donors (Lipinski definition) is 1. The lowest BCUT2D eigenvalue weighted by Crippen LogP contribution is -2.31. The molecule has 0 aliphatic rings. The summed E-state index contributed by atoms with van der Waals surface area (Å²) >= 11 is 0. The Balaban J connectivity index is 2.23. The van der Waals surface area contributed by atoms with Crippen LogP contribution in [-0.4, -0.2) is 45.8 Å². The highest BCUT2D eigenvalue weighted by molar-refractivity contribution is 7.89. The number of carbonyl (C=O) groups is 1. The molecule has 0 aliphatic heterocycles. The van der Waals surface area contributed by atoms with Crippen molar-refractivity contribution in [3.05, 3.63) is 59.2 Å². The lowest BCUT2D eigenvalue weighted by Gasteiger charge is -2.19. The second-order valence-electron chi connectivity index (χ2n) is 6.81. The van der Waals surface area contributed by atoms with Gasteiger partial charge >= 0.3 is 0 Å². The van der Waals surface area contributed by atoms with Gasteiger partial charge < -0.3 is 10.2 Å². The van der Waals surface area contributed by atoms with Crippen LogP contribution in [0.15, 0.2) is 47.4 Å². The number of anilines is 1. The molecule has 0 saturated heterocycles. The number of aryl methyl sites for hydroxylation is 1. The fourth-order valence-corrected chi connectivity index (χ4v) is 4.43. The van der Waals surface area contributed by atoms with Gasteiger partial charge in [0, 0.05) is 45.0 Å². The highest BCUT2D eigenvalue weighted by Crippen LogP contribution is 2.20.